The van der Waals surface area contributed by atoms with Crippen molar-refractivity contribution in [3.8, 4) is 5.69 Å². The molecule has 4 heterocycles. The van der Waals surface area contributed by atoms with Crippen LogP contribution in [0.5, 0.6) is 0 Å². The Bertz CT molecular complexity index is 3170. The van der Waals surface area contributed by atoms with Crippen LogP contribution in [0.25, 0.3) is 27.5 Å². The van der Waals surface area contributed by atoms with Crippen LogP contribution in [-0.2, 0) is 38.4 Å². The number of rotatable bonds is 14. The Kier molecular flexibility index (Phi) is 10.5. The summed E-state index contributed by atoms with van der Waals surface area (Å²) in [5, 5.41) is 28.3. The van der Waals surface area contributed by atoms with Crippen LogP contribution in [0.1, 0.15) is 23.1 Å². The van der Waals surface area contributed by atoms with E-state index in [1.165, 1.54) is 71.2 Å². The van der Waals surface area contributed by atoms with Gasteiger partial charge in [0.25, 0.3) is 11.4 Å². The van der Waals surface area contributed by atoms with E-state index >= 15 is 0 Å². The van der Waals surface area contributed by atoms with Crippen LogP contribution in [0.15, 0.2) is 137 Å². The van der Waals surface area contributed by atoms with Gasteiger partial charge in [0.15, 0.2) is 0 Å². The van der Waals surface area contributed by atoms with Gasteiger partial charge < -0.3 is 14.5 Å². The number of nitro groups is 2. The van der Waals surface area contributed by atoms with Gasteiger partial charge in [0.2, 0.25) is 20.0 Å². The van der Waals surface area contributed by atoms with Gasteiger partial charge in [-0.1, -0.05) is 48.5 Å². The molecule has 0 aliphatic carbocycles. The summed E-state index contributed by atoms with van der Waals surface area (Å²) in [6.07, 6.45) is 5.76. The summed E-state index contributed by atoms with van der Waals surface area (Å²) in [7, 11) is -2.68. The van der Waals surface area contributed by atoms with Crippen LogP contribution >= 0.6 is 0 Å². The molecule has 0 spiro atoms. The van der Waals surface area contributed by atoms with Gasteiger partial charge in [0.05, 0.1) is 36.5 Å². The topological polar surface area (TPSA) is 186 Å². The normalized spacial score (nSPS) is 17.7. The maximum Gasteiger partial charge on any atom is 0.269 e. The van der Waals surface area contributed by atoms with Gasteiger partial charge in [-0.25, -0.2) is 25.4 Å². The highest BCUT2D eigenvalue weighted by Gasteiger charge is 2.55. The monoisotopic (exact) mass is 888 g/mol. The molecule has 2 aliphatic rings. The van der Waals surface area contributed by atoms with E-state index in [9.17, 15) is 37.1 Å². The molecule has 0 unspecified atom stereocenters. The summed E-state index contributed by atoms with van der Waals surface area (Å²) in [5.41, 5.74) is 6.08. The molecular formula is C45H44N8O8S2. The molecule has 0 radical (unpaired) electrons. The first kappa shape index (κ1) is 41.9. The Morgan fingerprint density at radius 3 is 1.75 bits per heavy atom. The first-order valence-electron chi connectivity index (χ1n) is 20.3. The average molecular weight is 889 g/mol. The predicted octanol–water partition coefficient (Wildman–Crippen LogP) is 6.96. The van der Waals surface area contributed by atoms with E-state index in [1.807, 2.05) is 30.3 Å². The van der Waals surface area contributed by atoms with E-state index in [0.29, 0.717) is 12.8 Å². The van der Waals surface area contributed by atoms with Crippen molar-refractivity contribution in [2.45, 2.75) is 40.8 Å². The molecule has 18 heteroatoms. The van der Waals surface area contributed by atoms with E-state index in [1.54, 1.807) is 0 Å². The van der Waals surface area contributed by atoms with E-state index < -0.39 is 35.4 Å². The number of likely N-dealkylation sites (tertiary alicyclic amines) is 1. The summed E-state index contributed by atoms with van der Waals surface area (Å²) in [6, 6.07) is 32.4. The second kappa shape index (κ2) is 15.7. The second-order valence-corrected chi connectivity index (χ2v) is 20.2. The van der Waals surface area contributed by atoms with E-state index in [2.05, 4.69) is 75.2 Å². The standard InChI is InChI=1S/C45H44N8O8S2/c1-47-28-25-45(51-30-32(38-10-5-7-13-41(38)51)24-27-49(3)63(60,61)36-21-17-34(18-22-36)53(56)57)39-11-8-14-42(43(39)46-44(45)47)50-29-31(37-9-4-6-12-40(37)50)23-26-48(2)62(58,59)35-19-15-33(16-20-35)52(54)55/h4-22,29-30,44,46H,23-28H2,1-3H3/t44-,45+/m0/s1. The number of aromatic nitrogens is 2. The molecule has 1 fully saturated rings. The zero-order chi connectivity index (χ0) is 44.4. The molecule has 2 atom stereocenters. The number of non-ortho nitro benzene ring substituents is 2. The summed E-state index contributed by atoms with van der Waals surface area (Å²) < 4.78 is 61.1. The molecule has 2 aliphatic heterocycles. The number of benzene rings is 5. The zero-order valence-corrected chi connectivity index (χ0v) is 36.3. The maximum atomic E-state index is 13.5. The SMILES string of the molecule is CN1CC[C@@]2(n3cc(CCN(C)S(=O)(=O)c4ccc([N+](=O)[O-])cc4)c4ccccc43)c3cccc(-n4cc(CCN(C)S(=O)(=O)c5ccc([N+](=O)[O-])cc5)c5ccccc54)c3N[C@@H]12. The van der Waals surface area contributed by atoms with Crippen molar-refractivity contribution in [1.82, 2.24) is 22.6 Å². The van der Waals surface area contributed by atoms with Crippen LogP contribution in [0.2, 0.25) is 0 Å². The summed E-state index contributed by atoms with van der Waals surface area (Å²) in [4.78, 5) is 23.5. The maximum absolute atomic E-state index is 13.5. The predicted molar refractivity (Wildman–Crippen MR) is 240 cm³/mol. The van der Waals surface area contributed by atoms with Gasteiger partial charge in [-0.2, -0.15) is 0 Å². The summed E-state index contributed by atoms with van der Waals surface area (Å²) >= 11 is 0. The second-order valence-electron chi connectivity index (χ2n) is 16.1. The van der Waals surface area contributed by atoms with Gasteiger partial charge in [0.1, 0.15) is 11.7 Å². The number of para-hydroxylation sites is 3. The van der Waals surface area contributed by atoms with Crippen LogP contribution in [0.4, 0.5) is 17.1 Å². The number of fused-ring (bicyclic) bond motifs is 5. The lowest BCUT2D eigenvalue weighted by Crippen LogP contribution is -2.46. The number of sulfonamides is 2. The van der Waals surface area contributed by atoms with Crippen molar-refractivity contribution >= 4 is 58.9 Å². The first-order valence-corrected chi connectivity index (χ1v) is 23.2. The number of likely N-dealkylation sites (N-methyl/N-ethyl adjacent to an activating group) is 3. The van der Waals surface area contributed by atoms with Gasteiger partial charge >= 0.3 is 0 Å². The van der Waals surface area contributed by atoms with Crippen molar-refractivity contribution in [1.29, 1.82) is 0 Å². The van der Waals surface area contributed by atoms with Crippen LogP contribution in [0.3, 0.4) is 0 Å². The Morgan fingerprint density at radius 2 is 1.19 bits per heavy atom. The lowest BCUT2D eigenvalue weighted by molar-refractivity contribution is -0.385. The fourth-order valence-electron chi connectivity index (χ4n) is 9.32. The van der Waals surface area contributed by atoms with Crippen LogP contribution in [0, 0.1) is 20.2 Å². The lowest BCUT2D eigenvalue weighted by Gasteiger charge is -2.34. The Labute approximate surface area is 364 Å². The Hall–Kier alpha value is -6.44. The summed E-state index contributed by atoms with van der Waals surface area (Å²) in [5.74, 6) is 0. The number of hydrogen-bond donors (Lipinski definition) is 1. The zero-order valence-electron chi connectivity index (χ0n) is 34.7. The lowest BCUT2D eigenvalue weighted by atomic mass is 9.87. The van der Waals surface area contributed by atoms with Gasteiger partial charge in [0, 0.05) is 92.2 Å². The highest BCUT2D eigenvalue weighted by atomic mass is 32.2. The molecule has 7 aromatic rings. The third-order valence-electron chi connectivity index (χ3n) is 12.7. The average Bonchev–Trinajstić information content (AvgIpc) is 4.04. The third kappa shape index (κ3) is 6.94. The van der Waals surface area contributed by atoms with Crippen LogP contribution in [-0.4, -0.2) is 96.3 Å². The van der Waals surface area contributed by atoms with Crippen molar-refractivity contribution in [2.24, 2.45) is 0 Å². The summed E-state index contributed by atoms with van der Waals surface area (Å²) in [6.45, 7) is 1.19. The minimum atomic E-state index is -3.91. The third-order valence-corrected chi connectivity index (χ3v) is 16.5. The molecule has 1 saturated heterocycles. The van der Waals surface area contributed by atoms with E-state index in [0.717, 1.165) is 62.8 Å². The number of nitro benzene ring substituents is 2. The number of nitrogens with zero attached hydrogens (tertiary/aromatic N) is 7. The molecule has 0 bridgehead atoms. The quantitative estimate of drug-likeness (QED) is 0.0884. The fourth-order valence-corrected chi connectivity index (χ4v) is 11.7. The molecule has 5 aromatic carbocycles. The molecule has 0 saturated carbocycles. The largest absolute Gasteiger partial charge is 0.365 e. The number of nitrogens with one attached hydrogen (secondary N) is 1. The molecule has 63 heavy (non-hydrogen) atoms. The van der Waals surface area contributed by atoms with E-state index in [4.69, 9.17) is 0 Å². The fraction of sp³-hybridized carbons (Fsp3) is 0.244. The molecule has 0 amide bonds. The van der Waals surface area contributed by atoms with Crippen molar-refractivity contribution in [3.63, 3.8) is 0 Å². The van der Waals surface area contributed by atoms with Gasteiger partial charge in [-0.05, 0) is 79.9 Å². The van der Waals surface area contributed by atoms with Crippen molar-refractivity contribution in [2.75, 3.05) is 46.1 Å². The molecule has 324 valence electrons. The molecular weight excluding hydrogens is 845 g/mol. The highest BCUT2D eigenvalue weighted by Crippen LogP contribution is 2.53. The Morgan fingerprint density at radius 1 is 0.683 bits per heavy atom. The van der Waals surface area contributed by atoms with E-state index in [-0.39, 0.29) is 40.4 Å². The van der Waals surface area contributed by atoms with Gasteiger partial charge in [-0.3, -0.25) is 25.1 Å². The minimum absolute atomic E-state index is 0.0132. The first-order chi connectivity index (χ1) is 30.1. The van der Waals surface area contributed by atoms with Crippen molar-refractivity contribution < 1.29 is 26.7 Å². The minimum Gasteiger partial charge on any atom is -0.365 e. The molecule has 9 rings (SSSR count). The number of anilines is 1. The van der Waals surface area contributed by atoms with Crippen LogP contribution < -0.4 is 5.32 Å². The van der Waals surface area contributed by atoms with Crippen molar-refractivity contribution in [3.05, 3.63) is 165 Å². The molecule has 1 N–H and O–H groups in total. The van der Waals surface area contributed by atoms with Gasteiger partial charge in [-0.15, -0.1) is 0 Å². The molecule has 16 nitrogen and oxygen atoms in total. The smallest absolute Gasteiger partial charge is 0.269 e. The number of hydrogen-bond acceptors (Lipinski definition) is 10. The Balaban J connectivity index is 1.04. The highest BCUT2D eigenvalue weighted by molar-refractivity contribution is 7.89. The molecule has 2 aromatic heterocycles.